The highest BCUT2D eigenvalue weighted by Crippen LogP contribution is 2.35. The lowest BCUT2D eigenvalue weighted by atomic mass is 9.86. The highest BCUT2D eigenvalue weighted by molar-refractivity contribution is 6.31. The van der Waals surface area contributed by atoms with Crippen molar-refractivity contribution in [3.05, 3.63) is 112 Å². The molecular weight excluding hydrogens is 390 g/mol. The summed E-state index contributed by atoms with van der Waals surface area (Å²) >= 11 is 6.40. The fraction of sp³-hybridized carbons (Fsp3) is 0.192. The minimum absolute atomic E-state index is 0.266. The lowest BCUT2D eigenvalue weighted by Crippen LogP contribution is -2.09. The van der Waals surface area contributed by atoms with Gasteiger partial charge in [0, 0.05) is 29.5 Å². The van der Waals surface area contributed by atoms with E-state index in [0.717, 1.165) is 47.2 Å². The molecule has 0 saturated heterocycles. The molecule has 0 amide bonds. The van der Waals surface area contributed by atoms with Gasteiger partial charge in [-0.25, -0.2) is 4.68 Å². The van der Waals surface area contributed by atoms with E-state index in [2.05, 4.69) is 78.1 Å². The van der Waals surface area contributed by atoms with E-state index in [1.54, 1.807) is 0 Å². The number of aromatic nitrogens is 2. The molecule has 4 aromatic rings. The SMILES string of the molecule is Cc1ccc(-n2nc(CC(c3ccccc3)c3ccccc3)c3c2NCC3)cc1Cl. The predicted molar refractivity (Wildman–Crippen MR) is 124 cm³/mol. The molecule has 1 aliphatic rings. The van der Waals surface area contributed by atoms with Crippen LogP contribution in [0.2, 0.25) is 5.02 Å². The van der Waals surface area contributed by atoms with Crippen LogP contribution < -0.4 is 5.32 Å². The lowest BCUT2D eigenvalue weighted by Gasteiger charge is -2.17. The van der Waals surface area contributed by atoms with Gasteiger partial charge in [0.15, 0.2) is 0 Å². The third-order valence-electron chi connectivity index (χ3n) is 5.94. The quantitative estimate of drug-likeness (QED) is 0.423. The molecule has 1 aromatic heterocycles. The van der Waals surface area contributed by atoms with Gasteiger partial charge in [0.1, 0.15) is 5.82 Å². The second-order valence-corrected chi connectivity index (χ2v) is 8.28. The number of hydrogen-bond acceptors (Lipinski definition) is 2. The summed E-state index contributed by atoms with van der Waals surface area (Å²) in [5, 5.41) is 9.36. The van der Waals surface area contributed by atoms with Crippen LogP contribution >= 0.6 is 11.6 Å². The van der Waals surface area contributed by atoms with Gasteiger partial charge in [-0.2, -0.15) is 5.10 Å². The number of anilines is 1. The molecule has 5 rings (SSSR count). The van der Waals surface area contributed by atoms with Crippen LogP contribution in [0.25, 0.3) is 5.69 Å². The zero-order valence-electron chi connectivity index (χ0n) is 17.0. The predicted octanol–water partition coefficient (Wildman–Crippen LogP) is 6.18. The van der Waals surface area contributed by atoms with Crippen molar-refractivity contribution in [2.24, 2.45) is 0 Å². The molecule has 1 N–H and O–H groups in total. The minimum atomic E-state index is 0.266. The Morgan fingerprint density at radius 1 is 0.967 bits per heavy atom. The van der Waals surface area contributed by atoms with Crippen LogP contribution in [-0.2, 0) is 12.8 Å². The van der Waals surface area contributed by atoms with Crippen molar-refractivity contribution >= 4 is 17.4 Å². The molecule has 0 fully saturated rings. The summed E-state index contributed by atoms with van der Waals surface area (Å²) in [6, 6.07) is 27.6. The third-order valence-corrected chi connectivity index (χ3v) is 6.34. The number of hydrogen-bond donors (Lipinski definition) is 1. The summed E-state index contributed by atoms with van der Waals surface area (Å²) < 4.78 is 2.02. The van der Waals surface area contributed by atoms with Crippen LogP contribution in [0.3, 0.4) is 0 Å². The Labute approximate surface area is 182 Å². The number of halogens is 1. The van der Waals surface area contributed by atoms with Gasteiger partial charge in [-0.3, -0.25) is 0 Å². The molecule has 0 aliphatic carbocycles. The standard InChI is InChI=1S/C26H24ClN3/c1-18-12-13-21(16-24(18)27)30-26-22(14-15-28-26)25(29-30)17-23(19-8-4-2-5-9-19)20-10-6-3-7-11-20/h2-13,16,23,28H,14-15,17H2,1H3. The molecule has 0 spiro atoms. The maximum absolute atomic E-state index is 6.40. The molecule has 0 radical (unpaired) electrons. The van der Waals surface area contributed by atoms with Gasteiger partial charge in [0.25, 0.3) is 0 Å². The molecule has 1 aliphatic heterocycles. The van der Waals surface area contributed by atoms with E-state index in [9.17, 15) is 0 Å². The number of benzene rings is 3. The molecule has 30 heavy (non-hydrogen) atoms. The molecular formula is C26H24ClN3. The first-order chi connectivity index (χ1) is 14.7. The number of nitrogens with zero attached hydrogens (tertiary/aromatic N) is 2. The lowest BCUT2D eigenvalue weighted by molar-refractivity contribution is 0.745. The number of rotatable bonds is 5. The van der Waals surface area contributed by atoms with E-state index in [1.807, 2.05) is 17.7 Å². The van der Waals surface area contributed by atoms with Gasteiger partial charge in [-0.1, -0.05) is 78.3 Å². The summed E-state index contributed by atoms with van der Waals surface area (Å²) in [5.41, 5.74) is 7.18. The number of nitrogens with one attached hydrogen (secondary N) is 1. The maximum atomic E-state index is 6.40. The second kappa shape index (κ2) is 8.00. The molecule has 0 atom stereocenters. The molecule has 150 valence electrons. The molecule has 0 bridgehead atoms. The monoisotopic (exact) mass is 413 g/mol. The first-order valence-electron chi connectivity index (χ1n) is 10.4. The van der Waals surface area contributed by atoms with Crippen molar-refractivity contribution in [3.63, 3.8) is 0 Å². The van der Waals surface area contributed by atoms with Crippen molar-refractivity contribution in [2.75, 3.05) is 11.9 Å². The summed E-state index contributed by atoms with van der Waals surface area (Å²) in [7, 11) is 0. The van der Waals surface area contributed by atoms with Crippen molar-refractivity contribution < 1.29 is 0 Å². The van der Waals surface area contributed by atoms with Crippen molar-refractivity contribution in [1.82, 2.24) is 9.78 Å². The summed E-state index contributed by atoms with van der Waals surface area (Å²) in [4.78, 5) is 0. The minimum Gasteiger partial charge on any atom is -0.369 e. The van der Waals surface area contributed by atoms with Gasteiger partial charge >= 0.3 is 0 Å². The van der Waals surface area contributed by atoms with Crippen LogP contribution in [0.4, 0.5) is 5.82 Å². The molecule has 0 saturated carbocycles. The summed E-state index contributed by atoms with van der Waals surface area (Å²) in [5.74, 6) is 1.37. The van der Waals surface area contributed by atoms with Crippen LogP contribution in [0.5, 0.6) is 0 Å². The van der Waals surface area contributed by atoms with Crippen molar-refractivity contribution in [3.8, 4) is 5.69 Å². The van der Waals surface area contributed by atoms with E-state index in [0.29, 0.717) is 0 Å². The highest BCUT2D eigenvalue weighted by atomic mass is 35.5. The normalized spacial score (nSPS) is 12.8. The smallest absolute Gasteiger partial charge is 0.133 e. The fourth-order valence-electron chi connectivity index (χ4n) is 4.30. The van der Waals surface area contributed by atoms with Crippen molar-refractivity contribution in [1.29, 1.82) is 0 Å². The molecule has 3 nitrogen and oxygen atoms in total. The van der Waals surface area contributed by atoms with Crippen LogP contribution in [0, 0.1) is 6.92 Å². The topological polar surface area (TPSA) is 29.9 Å². The van der Waals surface area contributed by atoms with E-state index >= 15 is 0 Å². The fourth-order valence-corrected chi connectivity index (χ4v) is 4.48. The van der Waals surface area contributed by atoms with Crippen LogP contribution in [0.15, 0.2) is 78.9 Å². The Balaban J connectivity index is 1.57. The zero-order chi connectivity index (χ0) is 20.5. The van der Waals surface area contributed by atoms with Gasteiger partial charge in [0.05, 0.1) is 11.4 Å². The average molecular weight is 414 g/mol. The Morgan fingerprint density at radius 3 is 2.27 bits per heavy atom. The Hall–Kier alpha value is -3.04. The second-order valence-electron chi connectivity index (χ2n) is 7.87. The molecule has 2 heterocycles. The number of aryl methyl sites for hydroxylation is 1. The molecule has 3 aromatic carbocycles. The van der Waals surface area contributed by atoms with Crippen molar-refractivity contribution in [2.45, 2.75) is 25.7 Å². The van der Waals surface area contributed by atoms with E-state index in [4.69, 9.17) is 16.7 Å². The number of fused-ring (bicyclic) bond motifs is 1. The van der Waals surface area contributed by atoms with Crippen LogP contribution in [-0.4, -0.2) is 16.3 Å². The summed E-state index contributed by atoms with van der Waals surface area (Å²) in [6.07, 6.45) is 1.87. The van der Waals surface area contributed by atoms with Gasteiger partial charge in [-0.15, -0.1) is 0 Å². The molecule has 4 heteroatoms. The van der Waals surface area contributed by atoms with Gasteiger partial charge < -0.3 is 5.32 Å². The highest BCUT2D eigenvalue weighted by Gasteiger charge is 2.26. The first-order valence-corrected chi connectivity index (χ1v) is 10.8. The van der Waals surface area contributed by atoms with E-state index in [-0.39, 0.29) is 5.92 Å². The van der Waals surface area contributed by atoms with Crippen LogP contribution in [0.1, 0.15) is 33.9 Å². The van der Waals surface area contributed by atoms with E-state index in [1.165, 1.54) is 16.7 Å². The summed E-state index contributed by atoms with van der Waals surface area (Å²) in [6.45, 7) is 2.97. The largest absolute Gasteiger partial charge is 0.369 e. The Bertz CT molecular complexity index is 1130. The first kappa shape index (κ1) is 19.0. The maximum Gasteiger partial charge on any atom is 0.133 e. The average Bonchev–Trinajstić information content (AvgIpc) is 3.39. The Morgan fingerprint density at radius 2 is 1.63 bits per heavy atom. The molecule has 0 unspecified atom stereocenters. The Kier molecular flexibility index (Phi) is 5.06. The zero-order valence-corrected chi connectivity index (χ0v) is 17.7. The van der Waals surface area contributed by atoms with Gasteiger partial charge in [0.2, 0.25) is 0 Å². The van der Waals surface area contributed by atoms with Gasteiger partial charge in [-0.05, 0) is 42.2 Å². The van der Waals surface area contributed by atoms with E-state index < -0.39 is 0 Å². The third kappa shape index (κ3) is 3.50.